The number of hydrogen-bond donors (Lipinski definition) is 1. The van der Waals surface area contributed by atoms with Crippen LogP contribution in [0.1, 0.15) is 41.4 Å². The monoisotopic (exact) mass is 321 g/mol. The molecule has 1 N–H and O–H groups in total. The summed E-state index contributed by atoms with van der Waals surface area (Å²) < 4.78 is 26.2. The Kier molecular flexibility index (Phi) is 4.37. The minimum atomic E-state index is -3.61. The summed E-state index contributed by atoms with van der Waals surface area (Å²) in [7, 11) is -3.61. The molecule has 1 aromatic heterocycles. The van der Waals surface area contributed by atoms with Crippen LogP contribution < -0.4 is 4.72 Å². The molecule has 1 heterocycles. The third-order valence-corrected chi connectivity index (χ3v) is 3.71. The van der Waals surface area contributed by atoms with Gasteiger partial charge in [0, 0.05) is 0 Å². The van der Waals surface area contributed by atoms with Crippen molar-refractivity contribution in [2.24, 2.45) is 0 Å². The van der Waals surface area contributed by atoms with Crippen molar-refractivity contribution in [3.05, 3.63) is 47.3 Å². The number of carbonyl (C=O) groups is 1. The molecule has 1 amide bonds. The van der Waals surface area contributed by atoms with Crippen molar-refractivity contribution in [1.82, 2.24) is 14.5 Å². The molecular formula is C15H19N3O3S. The van der Waals surface area contributed by atoms with Crippen molar-refractivity contribution in [1.29, 1.82) is 0 Å². The van der Waals surface area contributed by atoms with E-state index in [-0.39, 0.29) is 11.5 Å². The van der Waals surface area contributed by atoms with Gasteiger partial charge in [0.2, 0.25) is 10.0 Å². The van der Waals surface area contributed by atoms with Crippen LogP contribution in [0.2, 0.25) is 0 Å². The molecular weight excluding hydrogens is 302 g/mol. The van der Waals surface area contributed by atoms with Gasteiger partial charge in [-0.3, -0.25) is 4.79 Å². The molecule has 118 valence electrons. The van der Waals surface area contributed by atoms with Gasteiger partial charge in [0.1, 0.15) is 0 Å². The van der Waals surface area contributed by atoms with Crippen LogP contribution >= 0.6 is 0 Å². The SMILES string of the molecule is Cc1ccc(-n2ncc(C(=O)NS(C)(=O)=O)c2C(C)C)cc1. The fraction of sp³-hybridized carbons (Fsp3) is 0.333. The zero-order valence-corrected chi connectivity index (χ0v) is 13.8. The number of aryl methyl sites for hydroxylation is 1. The number of amides is 1. The molecule has 0 bridgehead atoms. The largest absolute Gasteiger partial charge is 0.268 e. The predicted molar refractivity (Wildman–Crippen MR) is 84.7 cm³/mol. The van der Waals surface area contributed by atoms with Crippen LogP contribution in [0.3, 0.4) is 0 Å². The Morgan fingerprint density at radius 2 is 1.82 bits per heavy atom. The van der Waals surface area contributed by atoms with Gasteiger partial charge >= 0.3 is 0 Å². The summed E-state index contributed by atoms with van der Waals surface area (Å²) in [5.74, 6) is -0.659. The minimum absolute atomic E-state index is 0.00381. The lowest BCUT2D eigenvalue weighted by Crippen LogP contribution is -2.30. The van der Waals surface area contributed by atoms with Crippen molar-refractivity contribution < 1.29 is 13.2 Å². The number of nitrogens with one attached hydrogen (secondary N) is 1. The second-order valence-corrected chi connectivity index (χ2v) is 7.30. The number of benzene rings is 1. The molecule has 1 aromatic carbocycles. The zero-order valence-electron chi connectivity index (χ0n) is 13.0. The molecule has 0 saturated heterocycles. The van der Waals surface area contributed by atoms with E-state index < -0.39 is 15.9 Å². The van der Waals surface area contributed by atoms with E-state index in [1.165, 1.54) is 6.20 Å². The Bertz CT molecular complexity index is 790. The first-order valence-corrected chi connectivity index (χ1v) is 8.75. The van der Waals surface area contributed by atoms with Crippen LogP contribution in [0.5, 0.6) is 0 Å². The summed E-state index contributed by atoms with van der Waals surface area (Å²) in [5, 5.41) is 4.25. The fourth-order valence-electron chi connectivity index (χ4n) is 2.20. The standard InChI is InChI=1S/C15H19N3O3S/c1-10(2)14-13(15(19)17-22(4,20)21)9-16-18(14)12-7-5-11(3)6-8-12/h5-10H,1-4H3,(H,17,19). The average Bonchev–Trinajstić information content (AvgIpc) is 2.82. The molecule has 0 radical (unpaired) electrons. The third kappa shape index (κ3) is 3.54. The molecule has 6 nitrogen and oxygen atoms in total. The Labute approximate surface area is 130 Å². The topological polar surface area (TPSA) is 81.1 Å². The van der Waals surface area contributed by atoms with Crippen LogP contribution in [0.15, 0.2) is 30.5 Å². The van der Waals surface area contributed by atoms with Gasteiger partial charge in [0.15, 0.2) is 0 Å². The number of nitrogens with zero attached hydrogens (tertiary/aromatic N) is 2. The molecule has 0 saturated carbocycles. The number of carbonyl (C=O) groups excluding carboxylic acids is 1. The molecule has 0 unspecified atom stereocenters. The summed E-state index contributed by atoms with van der Waals surface area (Å²) in [6.07, 6.45) is 2.35. The Balaban J connectivity index is 2.50. The minimum Gasteiger partial charge on any atom is -0.268 e. The summed E-state index contributed by atoms with van der Waals surface area (Å²) in [5.41, 5.74) is 2.88. The van der Waals surface area contributed by atoms with E-state index in [0.717, 1.165) is 17.5 Å². The molecule has 0 fully saturated rings. The first kappa shape index (κ1) is 16.2. The maximum atomic E-state index is 12.1. The lowest BCUT2D eigenvalue weighted by atomic mass is 10.1. The highest BCUT2D eigenvalue weighted by atomic mass is 32.2. The van der Waals surface area contributed by atoms with Gasteiger partial charge in [-0.1, -0.05) is 31.5 Å². The van der Waals surface area contributed by atoms with Gasteiger partial charge in [0.05, 0.1) is 29.4 Å². The highest BCUT2D eigenvalue weighted by molar-refractivity contribution is 7.89. The molecule has 0 aliphatic heterocycles. The maximum absolute atomic E-state index is 12.1. The lowest BCUT2D eigenvalue weighted by Gasteiger charge is -2.12. The first-order chi connectivity index (χ1) is 10.2. The van der Waals surface area contributed by atoms with Crippen molar-refractivity contribution in [3.63, 3.8) is 0 Å². The van der Waals surface area contributed by atoms with E-state index in [2.05, 4.69) is 5.10 Å². The molecule has 0 aliphatic rings. The highest BCUT2D eigenvalue weighted by Crippen LogP contribution is 2.23. The van der Waals surface area contributed by atoms with E-state index in [9.17, 15) is 13.2 Å². The second kappa shape index (κ2) is 5.92. The number of sulfonamides is 1. The van der Waals surface area contributed by atoms with Crippen LogP contribution in [0.4, 0.5) is 0 Å². The van der Waals surface area contributed by atoms with E-state index in [4.69, 9.17) is 0 Å². The van der Waals surface area contributed by atoms with E-state index in [1.807, 2.05) is 49.8 Å². The molecule has 2 aromatic rings. The molecule has 2 rings (SSSR count). The van der Waals surface area contributed by atoms with Gasteiger partial charge in [-0.25, -0.2) is 17.8 Å². The molecule has 0 spiro atoms. The van der Waals surface area contributed by atoms with Crippen LogP contribution in [-0.4, -0.2) is 30.4 Å². The van der Waals surface area contributed by atoms with Gasteiger partial charge in [-0.15, -0.1) is 0 Å². The average molecular weight is 321 g/mol. The van der Waals surface area contributed by atoms with Crippen molar-refractivity contribution in [3.8, 4) is 5.69 Å². The van der Waals surface area contributed by atoms with Gasteiger partial charge < -0.3 is 0 Å². The first-order valence-electron chi connectivity index (χ1n) is 6.86. The molecule has 0 atom stereocenters. The van der Waals surface area contributed by atoms with Crippen molar-refractivity contribution >= 4 is 15.9 Å². The van der Waals surface area contributed by atoms with E-state index in [1.54, 1.807) is 4.68 Å². The van der Waals surface area contributed by atoms with Gasteiger partial charge in [0.25, 0.3) is 5.91 Å². The third-order valence-electron chi connectivity index (χ3n) is 3.15. The number of hydrogen-bond acceptors (Lipinski definition) is 4. The summed E-state index contributed by atoms with van der Waals surface area (Å²) in [4.78, 5) is 12.1. The van der Waals surface area contributed by atoms with Gasteiger partial charge in [-0.05, 0) is 25.0 Å². The summed E-state index contributed by atoms with van der Waals surface area (Å²) >= 11 is 0. The predicted octanol–water partition coefficient (Wildman–Crippen LogP) is 1.99. The molecule has 0 aliphatic carbocycles. The van der Waals surface area contributed by atoms with Crippen LogP contribution in [0, 0.1) is 6.92 Å². The Hall–Kier alpha value is -2.15. The molecule has 22 heavy (non-hydrogen) atoms. The second-order valence-electron chi connectivity index (χ2n) is 5.55. The van der Waals surface area contributed by atoms with E-state index in [0.29, 0.717) is 5.69 Å². The van der Waals surface area contributed by atoms with Crippen molar-refractivity contribution in [2.45, 2.75) is 26.7 Å². The van der Waals surface area contributed by atoms with Gasteiger partial charge in [-0.2, -0.15) is 5.10 Å². The van der Waals surface area contributed by atoms with Crippen molar-refractivity contribution in [2.75, 3.05) is 6.26 Å². The summed E-state index contributed by atoms with van der Waals surface area (Å²) in [6.45, 7) is 5.85. The normalized spacial score (nSPS) is 11.7. The fourth-order valence-corrected chi connectivity index (χ4v) is 2.65. The smallest absolute Gasteiger partial charge is 0.268 e. The van der Waals surface area contributed by atoms with E-state index >= 15 is 0 Å². The number of rotatable bonds is 4. The molecule has 7 heteroatoms. The quantitative estimate of drug-likeness (QED) is 0.934. The lowest BCUT2D eigenvalue weighted by molar-refractivity contribution is 0.0980. The Morgan fingerprint density at radius 3 is 2.32 bits per heavy atom. The zero-order chi connectivity index (χ0) is 16.5. The van der Waals surface area contributed by atoms with Crippen LogP contribution in [0.25, 0.3) is 5.69 Å². The maximum Gasteiger partial charge on any atom is 0.268 e. The Morgan fingerprint density at radius 1 is 1.23 bits per heavy atom. The summed E-state index contributed by atoms with van der Waals surface area (Å²) in [6, 6.07) is 7.73. The highest BCUT2D eigenvalue weighted by Gasteiger charge is 2.22. The number of aromatic nitrogens is 2. The van der Waals surface area contributed by atoms with Crippen LogP contribution in [-0.2, 0) is 10.0 Å².